The van der Waals surface area contributed by atoms with Crippen LogP contribution in [-0.2, 0) is 11.2 Å². The molecule has 0 saturated carbocycles. The molecule has 0 aliphatic rings. The van der Waals surface area contributed by atoms with Crippen molar-refractivity contribution in [2.24, 2.45) is 0 Å². The van der Waals surface area contributed by atoms with Crippen molar-refractivity contribution >= 4 is 11.7 Å². The van der Waals surface area contributed by atoms with Crippen molar-refractivity contribution in [2.45, 2.75) is 13.3 Å². The molecule has 1 heterocycles. The number of nitro groups is 1. The third kappa shape index (κ3) is 3.42. The van der Waals surface area contributed by atoms with E-state index in [9.17, 15) is 14.9 Å². The predicted molar refractivity (Wildman–Crippen MR) is 76.2 cm³/mol. The van der Waals surface area contributed by atoms with Gasteiger partial charge >= 0.3 is 5.97 Å². The molecular weight excluding hydrogens is 272 g/mol. The molecule has 2 aromatic rings. The molecule has 0 fully saturated rings. The Kier molecular flexibility index (Phi) is 4.27. The number of aromatic nitrogens is 1. The number of carbonyl (C=O) groups excluding carboxylic acids is 1. The van der Waals surface area contributed by atoms with Gasteiger partial charge in [-0.2, -0.15) is 0 Å². The zero-order chi connectivity index (χ0) is 15.4. The Balaban J connectivity index is 2.26. The highest BCUT2D eigenvalue weighted by atomic mass is 16.6. The highest BCUT2D eigenvalue weighted by Crippen LogP contribution is 2.21. The minimum Gasteiger partial charge on any atom is -0.465 e. The predicted octanol–water partition coefficient (Wildman–Crippen LogP) is 2.68. The lowest BCUT2D eigenvalue weighted by atomic mass is 10.1. The van der Waals surface area contributed by atoms with Crippen molar-refractivity contribution in [3.8, 4) is 0 Å². The summed E-state index contributed by atoms with van der Waals surface area (Å²) >= 11 is 0. The molecule has 21 heavy (non-hydrogen) atoms. The number of nitrogens with zero attached hydrogens (tertiary/aromatic N) is 2. The number of aryl methyl sites for hydroxylation is 1. The van der Waals surface area contributed by atoms with Gasteiger partial charge in [0.2, 0.25) is 0 Å². The number of carbonyl (C=O) groups is 1. The smallest absolute Gasteiger partial charge is 0.337 e. The highest BCUT2D eigenvalue weighted by Gasteiger charge is 2.16. The molecule has 1 aromatic heterocycles. The first kappa shape index (κ1) is 14.6. The van der Waals surface area contributed by atoms with Crippen molar-refractivity contribution in [3.63, 3.8) is 0 Å². The summed E-state index contributed by atoms with van der Waals surface area (Å²) in [5.41, 5.74) is 2.42. The van der Waals surface area contributed by atoms with Gasteiger partial charge in [-0.05, 0) is 30.2 Å². The van der Waals surface area contributed by atoms with E-state index in [1.165, 1.54) is 13.2 Å². The Hall–Kier alpha value is -2.76. The second-order valence-electron chi connectivity index (χ2n) is 4.60. The molecular formula is C15H14N2O4. The lowest BCUT2D eigenvalue weighted by molar-refractivity contribution is -0.385. The summed E-state index contributed by atoms with van der Waals surface area (Å²) in [4.78, 5) is 26.1. The molecule has 0 spiro atoms. The molecule has 6 heteroatoms. The van der Waals surface area contributed by atoms with E-state index in [2.05, 4.69) is 9.72 Å². The van der Waals surface area contributed by atoms with Gasteiger partial charge < -0.3 is 4.74 Å². The van der Waals surface area contributed by atoms with E-state index in [4.69, 9.17) is 0 Å². The maximum Gasteiger partial charge on any atom is 0.337 e. The second-order valence-corrected chi connectivity index (χ2v) is 4.60. The fraction of sp³-hybridized carbons (Fsp3) is 0.200. The molecule has 108 valence electrons. The molecule has 0 radical (unpaired) electrons. The maximum absolute atomic E-state index is 11.3. The number of hydrogen-bond acceptors (Lipinski definition) is 5. The van der Waals surface area contributed by atoms with Gasteiger partial charge in [0.15, 0.2) is 0 Å². The SMILES string of the molecule is COC(=O)c1ccc(Cc2ncc(C)cc2[N+](=O)[O-])cc1. The lowest BCUT2D eigenvalue weighted by Gasteiger charge is -2.05. The van der Waals surface area contributed by atoms with Crippen LogP contribution in [0, 0.1) is 17.0 Å². The normalized spacial score (nSPS) is 10.2. The Labute approximate surface area is 121 Å². The van der Waals surface area contributed by atoms with E-state index in [-0.39, 0.29) is 5.69 Å². The fourth-order valence-electron chi connectivity index (χ4n) is 1.95. The maximum atomic E-state index is 11.3. The molecule has 0 unspecified atom stereocenters. The van der Waals surface area contributed by atoms with Gasteiger partial charge in [-0.15, -0.1) is 0 Å². The highest BCUT2D eigenvalue weighted by molar-refractivity contribution is 5.89. The number of esters is 1. The summed E-state index contributed by atoms with van der Waals surface area (Å²) in [5, 5.41) is 11.1. The molecule has 0 saturated heterocycles. The minimum absolute atomic E-state index is 0.00652. The quantitative estimate of drug-likeness (QED) is 0.490. The first-order chi connectivity index (χ1) is 10.0. The Morgan fingerprint density at radius 2 is 2.00 bits per heavy atom. The average molecular weight is 286 g/mol. The number of rotatable bonds is 4. The van der Waals surface area contributed by atoms with Crippen LogP contribution < -0.4 is 0 Å². The minimum atomic E-state index is -0.432. The van der Waals surface area contributed by atoms with Crippen molar-refractivity contribution in [3.05, 3.63) is 69.0 Å². The van der Waals surface area contributed by atoms with Crippen LogP contribution in [0.1, 0.15) is 27.2 Å². The van der Waals surface area contributed by atoms with Crippen molar-refractivity contribution in [2.75, 3.05) is 7.11 Å². The summed E-state index contributed by atoms with van der Waals surface area (Å²) in [6, 6.07) is 8.22. The van der Waals surface area contributed by atoms with Crippen LogP contribution in [0.5, 0.6) is 0 Å². The first-order valence-electron chi connectivity index (χ1n) is 6.28. The van der Waals surface area contributed by atoms with Crippen LogP contribution >= 0.6 is 0 Å². The summed E-state index contributed by atoms with van der Waals surface area (Å²) < 4.78 is 4.62. The van der Waals surface area contributed by atoms with Crippen LogP contribution in [0.4, 0.5) is 5.69 Å². The van der Waals surface area contributed by atoms with E-state index in [1.54, 1.807) is 37.4 Å². The molecule has 0 aliphatic carbocycles. The van der Waals surface area contributed by atoms with Crippen LogP contribution in [0.15, 0.2) is 36.5 Å². The van der Waals surface area contributed by atoms with E-state index in [0.29, 0.717) is 17.7 Å². The van der Waals surface area contributed by atoms with Gasteiger partial charge in [-0.1, -0.05) is 12.1 Å². The molecule has 2 rings (SSSR count). The number of hydrogen-bond donors (Lipinski definition) is 0. The first-order valence-corrected chi connectivity index (χ1v) is 6.28. The number of methoxy groups -OCH3 is 1. The Morgan fingerprint density at radius 3 is 2.57 bits per heavy atom. The molecule has 0 N–H and O–H groups in total. The topological polar surface area (TPSA) is 82.3 Å². The van der Waals surface area contributed by atoms with Crippen LogP contribution in [0.2, 0.25) is 0 Å². The third-order valence-electron chi connectivity index (χ3n) is 3.03. The number of benzene rings is 1. The van der Waals surface area contributed by atoms with Crippen molar-refractivity contribution in [1.29, 1.82) is 0 Å². The molecule has 0 bridgehead atoms. The number of pyridine rings is 1. The summed E-state index contributed by atoms with van der Waals surface area (Å²) in [6.45, 7) is 1.76. The summed E-state index contributed by atoms with van der Waals surface area (Å²) in [7, 11) is 1.32. The van der Waals surface area contributed by atoms with Gasteiger partial charge in [-0.25, -0.2) is 4.79 Å². The zero-order valence-corrected chi connectivity index (χ0v) is 11.7. The van der Waals surface area contributed by atoms with Crippen molar-refractivity contribution in [1.82, 2.24) is 4.98 Å². The van der Waals surface area contributed by atoms with Gasteiger partial charge in [-0.3, -0.25) is 15.1 Å². The lowest BCUT2D eigenvalue weighted by Crippen LogP contribution is -2.02. The molecule has 6 nitrogen and oxygen atoms in total. The van der Waals surface area contributed by atoms with Crippen molar-refractivity contribution < 1.29 is 14.5 Å². The Morgan fingerprint density at radius 1 is 1.33 bits per heavy atom. The summed E-state index contributed by atoms with van der Waals surface area (Å²) in [6.07, 6.45) is 1.93. The van der Waals surface area contributed by atoms with Gasteiger partial charge in [0.05, 0.1) is 17.6 Å². The molecule has 0 atom stereocenters. The zero-order valence-electron chi connectivity index (χ0n) is 11.7. The van der Waals surface area contributed by atoms with Gasteiger partial charge in [0.1, 0.15) is 5.69 Å². The van der Waals surface area contributed by atoms with E-state index in [0.717, 1.165) is 11.1 Å². The average Bonchev–Trinajstić information content (AvgIpc) is 2.49. The molecule has 0 aliphatic heterocycles. The van der Waals surface area contributed by atoms with Gasteiger partial charge in [0.25, 0.3) is 5.69 Å². The van der Waals surface area contributed by atoms with E-state index in [1.807, 2.05) is 0 Å². The van der Waals surface area contributed by atoms with Gasteiger partial charge in [0, 0.05) is 18.7 Å². The standard InChI is InChI=1S/C15H14N2O4/c1-10-7-14(17(19)20)13(16-9-10)8-11-3-5-12(6-4-11)15(18)21-2/h3-7,9H,8H2,1-2H3. The van der Waals surface area contributed by atoms with Crippen LogP contribution in [-0.4, -0.2) is 23.0 Å². The Bertz CT molecular complexity index is 681. The molecule has 1 aromatic carbocycles. The third-order valence-corrected chi connectivity index (χ3v) is 3.03. The van der Waals surface area contributed by atoms with E-state index < -0.39 is 10.9 Å². The second kappa shape index (κ2) is 6.13. The fourth-order valence-corrected chi connectivity index (χ4v) is 1.95. The van der Waals surface area contributed by atoms with E-state index >= 15 is 0 Å². The van der Waals surface area contributed by atoms with Crippen LogP contribution in [0.3, 0.4) is 0 Å². The monoisotopic (exact) mass is 286 g/mol. The molecule has 0 amide bonds. The summed E-state index contributed by atoms with van der Waals surface area (Å²) in [5.74, 6) is -0.416. The largest absolute Gasteiger partial charge is 0.465 e. The number of ether oxygens (including phenoxy) is 1. The van der Waals surface area contributed by atoms with Crippen LogP contribution in [0.25, 0.3) is 0 Å².